The van der Waals surface area contributed by atoms with Gasteiger partial charge in [-0.25, -0.2) is 0 Å². The van der Waals surface area contributed by atoms with E-state index in [1.165, 1.54) is 0 Å². The van der Waals surface area contributed by atoms with Crippen LogP contribution in [-0.4, -0.2) is 34.6 Å². The van der Waals surface area contributed by atoms with E-state index in [0.717, 1.165) is 30.8 Å². The molecule has 2 rings (SSSR count). The summed E-state index contributed by atoms with van der Waals surface area (Å²) in [6, 6.07) is 1.98. The molecule has 0 saturated carbocycles. The SMILES string of the molecule is Cc1cc(C2CCCN2C(=O)CNC(C)(C)C)on1. The lowest BCUT2D eigenvalue weighted by Crippen LogP contribution is -2.44. The number of likely N-dealkylation sites (tertiary alicyclic amines) is 1. The normalized spacial score (nSPS) is 20.0. The summed E-state index contributed by atoms with van der Waals surface area (Å²) in [6.45, 7) is 9.24. The van der Waals surface area contributed by atoms with E-state index in [1.807, 2.05) is 17.9 Å². The van der Waals surface area contributed by atoms with Crippen LogP contribution in [0.5, 0.6) is 0 Å². The summed E-state index contributed by atoms with van der Waals surface area (Å²) in [6.07, 6.45) is 1.97. The number of hydrogen-bond acceptors (Lipinski definition) is 4. The highest BCUT2D eigenvalue weighted by Gasteiger charge is 2.32. The Morgan fingerprint density at radius 3 is 2.89 bits per heavy atom. The molecule has 0 spiro atoms. The fourth-order valence-corrected chi connectivity index (χ4v) is 2.34. The van der Waals surface area contributed by atoms with Crippen LogP contribution >= 0.6 is 0 Å². The highest BCUT2D eigenvalue weighted by Crippen LogP contribution is 2.32. The molecule has 1 aliphatic heterocycles. The van der Waals surface area contributed by atoms with Crippen LogP contribution in [0.1, 0.15) is 51.1 Å². The van der Waals surface area contributed by atoms with Gasteiger partial charge in [0.1, 0.15) is 0 Å². The molecule has 5 heteroatoms. The van der Waals surface area contributed by atoms with Gasteiger partial charge in [-0.3, -0.25) is 4.79 Å². The fraction of sp³-hybridized carbons (Fsp3) is 0.714. The summed E-state index contributed by atoms with van der Waals surface area (Å²) >= 11 is 0. The lowest BCUT2D eigenvalue weighted by atomic mass is 10.1. The topological polar surface area (TPSA) is 58.4 Å². The summed E-state index contributed by atoms with van der Waals surface area (Å²) in [5.74, 6) is 0.936. The number of aromatic nitrogens is 1. The fourth-order valence-electron chi connectivity index (χ4n) is 2.34. The van der Waals surface area contributed by atoms with E-state index in [9.17, 15) is 4.79 Å². The lowest BCUT2D eigenvalue weighted by Gasteiger charge is -2.26. The maximum absolute atomic E-state index is 12.3. The Morgan fingerprint density at radius 2 is 2.32 bits per heavy atom. The van der Waals surface area contributed by atoms with Gasteiger partial charge in [0.15, 0.2) is 5.76 Å². The number of nitrogens with zero attached hydrogens (tertiary/aromatic N) is 2. The summed E-state index contributed by atoms with van der Waals surface area (Å²) in [5.41, 5.74) is 0.815. The Kier molecular flexibility index (Phi) is 3.94. The lowest BCUT2D eigenvalue weighted by molar-refractivity contribution is -0.131. The molecule has 5 nitrogen and oxygen atoms in total. The number of hydrogen-bond donors (Lipinski definition) is 1. The molecule has 1 unspecified atom stereocenters. The molecule has 1 N–H and O–H groups in total. The average molecular weight is 265 g/mol. The highest BCUT2D eigenvalue weighted by molar-refractivity contribution is 5.79. The molecule has 1 saturated heterocycles. The number of rotatable bonds is 3. The Bertz CT molecular complexity index is 448. The van der Waals surface area contributed by atoms with Crippen molar-refractivity contribution < 1.29 is 9.32 Å². The van der Waals surface area contributed by atoms with Crippen LogP contribution in [-0.2, 0) is 4.79 Å². The maximum Gasteiger partial charge on any atom is 0.237 e. The van der Waals surface area contributed by atoms with Gasteiger partial charge in [-0.15, -0.1) is 0 Å². The molecule has 1 aliphatic rings. The van der Waals surface area contributed by atoms with Gasteiger partial charge in [0.05, 0.1) is 18.3 Å². The minimum atomic E-state index is -0.0479. The van der Waals surface area contributed by atoms with Crippen molar-refractivity contribution in [2.75, 3.05) is 13.1 Å². The molecular weight excluding hydrogens is 242 g/mol. The second-order valence-electron chi connectivity index (χ2n) is 6.22. The predicted molar refractivity (Wildman–Crippen MR) is 72.7 cm³/mol. The third-order valence-electron chi connectivity index (χ3n) is 3.32. The van der Waals surface area contributed by atoms with Gasteiger partial charge in [-0.05, 0) is 40.5 Å². The largest absolute Gasteiger partial charge is 0.359 e. The van der Waals surface area contributed by atoms with Gasteiger partial charge in [0.2, 0.25) is 5.91 Å². The van der Waals surface area contributed by atoms with E-state index in [0.29, 0.717) is 6.54 Å². The standard InChI is InChI=1S/C14H23N3O2/c1-10-8-12(19-16-10)11-6-5-7-17(11)13(18)9-15-14(2,3)4/h8,11,15H,5-7,9H2,1-4H3. The maximum atomic E-state index is 12.3. The van der Waals surface area contributed by atoms with Crippen molar-refractivity contribution >= 4 is 5.91 Å². The molecule has 1 amide bonds. The number of nitrogens with one attached hydrogen (secondary N) is 1. The third-order valence-corrected chi connectivity index (χ3v) is 3.32. The van der Waals surface area contributed by atoms with E-state index >= 15 is 0 Å². The molecule has 1 fully saturated rings. The van der Waals surface area contributed by atoms with Crippen LogP contribution in [0, 0.1) is 6.92 Å². The molecule has 1 aromatic rings. The highest BCUT2D eigenvalue weighted by atomic mass is 16.5. The zero-order valence-electron chi connectivity index (χ0n) is 12.2. The van der Waals surface area contributed by atoms with Gasteiger partial charge in [-0.2, -0.15) is 0 Å². The zero-order chi connectivity index (χ0) is 14.0. The molecule has 19 heavy (non-hydrogen) atoms. The van der Waals surface area contributed by atoms with Crippen LogP contribution in [0.15, 0.2) is 10.6 Å². The Hall–Kier alpha value is -1.36. The van der Waals surface area contributed by atoms with Crippen molar-refractivity contribution in [3.05, 3.63) is 17.5 Å². The summed E-state index contributed by atoms with van der Waals surface area (Å²) in [4.78, 5) is 14.2. The molecular formula is C14H23N3O2. The molecule has 1 aromatic heterocycles. The van der Waals surface area contributed by atoms with Crippen molar-refractivity contribution in [3.8, 4) is 0 Å². The summed E-state index contributed by atoms with van der Waals surface area (Å²) < 4.78 is 5.31. The molecule has 0 aliphatic carbocycles. The molecule has 0 radical (unpaired) electrons. The molecule has 1 atom stereocenters. The summed E-state index contributed by atoms with van der Waals surface area (Å²) in [5, 5.41) is 7.15. The zero-order valence-corrected chi connectivity index (χ0v) is 12.2. The van der Waals surface area contributed by atoms with E-state index in [-0.39, 0.29) is 17.5 Å². The number of carbonyl (C=O) groups excluding carboxylic acids is 1. The second kappa shape index (κ2) is 5.33. The third kappa shape index (κ3) is 3.56. The monoisotopic (exact) mass is 265 g/mol. The van der Waals surface area contributed by atoms with Crippen LogP contribution in [0.4, 0.5) is 0 Å². The number of amides is 1. The van der Waals surface area contributed by atoms with E-state index in [1.54, 1.807) is 0 Å². The number of aryl methyl sites for hydroxylation is 1. The smallest absolute Gasteiger partial charge is 0.237 e. The van der Waals surface area contributed by atoms with Crippen molar-refractivity contribution in [1.82, 2.24) is 15.4 Å². The van der Waals surface area contributed by atoms with Gasteiger partial charge in [-0.1, -0.05) is 5.16 Å². The quantitative estimate of drug-likeness (QED) is 0.908. The molecule has 106 valence electrons. The van der Waals surface area contributed by atoms with Crippen molar-refractivity contribution in [1.29, 1.82) is 0 Å². The van der Waals surface area contributed by atoms with E-state index in [4.69, 9.17) is 4.52 Å². The first-order valence-electron chi connectivity index (χ1n) is 6.84. The van der Waals surface area contributed by atoms with Crippen LogP contribution < -0.4 is 5.32 Å². The Balaban J connectivity index is 2.00. The second-order valence-corrected chi connectivity index (χ2v) is 6.22. The first-order chi connectivity index (χ1) is 8.87. The van der Waals surface area contributed by atoms with Crippen LogP contribution in [0.25, 0.3) is 0 Å². The van der Waals surface area contributed by atoms with E-state index < -0.39 is 0 Å². The van der Waals surface area contributed by atoms with Crippen LogP contribution in [0.2, 0.25) is 0 Å². The van der Waals surface area contributed by atoms with Crippen molar-refractivity contribution in [3.63, 3.8) is 0 Å². The van der Waals surface area contributed by atoms with E-state index in [2.05, 4.69) is 31.2 Å². The predicted octanol–water partition coefficient (Wildman–Crippen LogP) is 2.03. The first kappa shape index (κ1) is 14.1. The van der Waals surface area contributed by atoms with Gasteiger partial charge in [0, 0.05) is 18.2 Å². The Labute approximate surface area is 114 Å². The van der Waals surface area contributed by atoms with Gasteiger partial charge >= 0.3 is 0 Å². The van der Waals surface area contributed by atoms with Crippen LogP contribution in [0.3, 0.4) is 0 Å². The van der Waals surface area contributed by atoms with Gasteiger partial charge in [0.25, 0.3) is 0 Å². The number of carbonyl (C=O) groups is 1. The van der Waals surface area contributed by atoms with Crippen molar-refractivity contribution in [2.45, 2.75) is 52.1 Å². The Morgan fingerprint density at radius 1 is 1.58 bits per heavy atom. The molecule has 0 aromatic carbocycles. The molecule has 0 bridgehead atoms. The first-order valence-corrected chi connectivity index (χ1v) is 6.84. The average Bonchev–Trinajstić information content (AvgIpc) is 2.92. The minimum absolute atomic E-state index is 0.0479. The molecule has 2 heterocycles. The summed E-state index contributed by atoms with van der Waals surface area (Å²) in [7, 11) is 0. The van der Waals surface area contributed by atoms with Crippen molar-refractivity contribution in [2.24, 2.45) is 0 Å². The minimum Gasteiger partial charge on any atom is -0.359 e. The van der Waals surface area contributed by atoms with Gasteiger partial charge < -0.3 is 14.7 Å².